The molecule has 6 heteroatoms. The van der Waals surface area contributed by atoms with Gasteiger partial charge in [-0.15, -0.1) is 0 Å². The van der Waals surface area contributed by atoms with Crippen molar-refractivity contribution in [2.75, 3.05) is 10.6 Å². The maximum Gasteiger partial charge on any atom is 0.231 e. The summed E-state index contributed by atoms with van der Waals surface area (Å²) in [5.41, 5.74) is 6.81. The molecule has 0 saturated carbocycles. The van der Waals surface area contributed by atoms with Gasteiger partial charge in [0.05, 0.1) is 16.6 Å². The molecule has 0 radical (unpaired) electrons. The highest BCUT2D eigenvalue weighted by Gasteiger charge is 2.23. The lowest BCUT2D eigenvalue weighted by molar-refractivity contribution is -0.118. The highest BCUT2D eigenvalue weighted by molar-refractivity contribution is 6.33. The van der Waals surface area contributed by atoms with Crippen LogP contribution in [0.3, 0.4) is 0 Å². The zero-order chi connectivity index (χ0) is 15.4. The van der Waals surface area contributed by atoms with Crippen molar-refractivity contribution < 1.29 is 9.59 Å². The molecule has 0 saturated heterocycles. The van der Waals surface area contributed by atoms with E-state index in [0.29, 0.717) is 29.2 Å². The second-order valence-electron chi connectivity index (χ2n) is 4.98. The van der Waals surface area contributed by atoms with E-state index in [-0.39, 0.29) is 23.8 Å². The first-order chi connectivity index (χ1) is 9.99. The van der Waals surface area contributed by atoms with E-state index in [4.69, 9.17) is 17.3 Å². The maximum absolute atomic E-state index is 12.1. The molecule has 21 heavy (non-hydrogen) atoms. The van der Waals surface area contributed by atoms with Crippen molar-refractivity contribution in [2.45, 2.75) is 25.8 Å². The molecule has 0 aliphatic heterocycles. The maximum atomic E-state index is 12.1. The van der Waals surface area contributed by atoms with Gasteiger partial charge in [-0.2, -0.15) is 0 Å². The van der Waals surface area contributed by atoms with Crippen LogP contribution in [0.4, 0.5) is 11.4 Å². The number of anilines is 2. The van der Waals surface area contributed by atoms with Gasteiger partial charge in [0, 0.05) is 18.2 Å². The lowest BCUT2D eigenvalue weighted by atomic mass is 10.1. The molecular weight excluding hydrogens is 290 g/mol. The van der Waals surface area contributed by atoms with Crippen LogP contribution >= 0.6 is 11.6 Å². The smallest absolute Gasteiger partial charge is 0.231 e. The Bertz CT molecular complexity index is 586. The first kappa shape index (κ1) is 15.5. The van der Waals surface area contributed by atoms with Crippen LogP contribution in [-0.4, -0.2) is 17.9 Å². The normalized spacial score (nSPS) is 20.3. The quantitative estimate of drug-likeness (QED) is 0.747. The van der Waals surface area contributed by atoms with Gasteiger partial charge in [-0.05, 0) is 24.6 Å². The minimum absolute atomic E-state index is 0.0774. The molecule has 1 aliphatic carbocycles. The summed E-state index contributed by atoms with van der Waals surface area (Å²) < 4.78 is 0. The van der Waals surface area contributed by atoms with Crippen LogP contribution in [0.1, 0.15) is 19.8 Å². The van der Waals surface area contributed by atoms with Crippen molar-refractivity contribution in [2.24, 2.45) is 11.7 Å². The van der Waals surface area contributed by atoms with Crippen molar-refractivity contribution in [1.82, 2.24) is 0 Å². The molecule has 2 amide bonds. The van der Waals surface area contributed by atoms with E-state index >= 15 is 0 Å². The van der Waals surface area contributed by atoms with Gasteiger partial charge >= 0.3 is 0 Å². The summed E-state index contributed by atoms with van der Waals surface area (Å²) in [4.78, 5) is 23.5. The van der Waals surface area contributed by atoms with Crippen LogP contribution in [0.15, 0.2) is 30.4 Å². The lowest BCUT2D eigenvalue weighted by Gasteiger charge is -2.13. The minimum Gasteiger partial charge on any atom is -0.326 e. The van der Waals surface area contributed by atoms with E-state index in [1.165, 1.54) is 0 Å². The molecule has 1 aromatic rings. The molecule has 4 N–H and O–H groups in total. The second-order valence-corrected chi connectivity index (χ2v) is 5.38. The third-order valence-electron chi connectivity index (χ3n) is 3.28. The predicted molar refractivity (Wildman–Crippen MR) is 84.2 cm³/mol. The topological polar surface area (TPSA) is 84.2 Å². The third kappa shape index (κ3) is 4.06. The van der Waals surface area contributed by atoms with Crippen molar-refractivity contribution in [3.05, 3.63) is 35.4 Å². The number of nitrogens with two attached hydrogens (primary N) is 1. The van der Waals surface area contributed by atoms with Crippen molar-refractivity contribution in [1.29, 1.82) is 0 Å². The van der Waals surface area contributed by atoms with E-state index < -0.39 is 0 Å². The Morgan fingerprint density at radius 3 is 2.71 bits per heavy atom. The molecule has 2 unspecified atom stereocenters. The molecule has 2 atom stereocenters. The molecule has 1 aliphatic rings. The summed E-state index contributed by atoms with van der Waals surface area (Å²) >= 11 is 6.08. The number of nitrogens with one attached hydrogen (secondary N) is 2. The molecule has 2 rings (SSSR count). The molecular formula is C15H18ClN3O2. The van der Waals surface area contributed by atoms with Crippen molar-refractivity contribution >= 4 is 34.8 Å². The molecule has 0 bridgehead atoms. The van der Waals surface area contributed by atoms with Gasteiger partial charge in [-0.3, -0.25) is 9.59 Å². The fraction of sp³-hybridized carbons (Fsp3) is 0.333. The lowest BCUT2D eigenvalue weighted by Crippen LogP contribution is -2.24. The van der Waals surface area contributed by atoms with E-state index in [1.54, 1.807) is 31.2 Å². The highest BCUT2D eigenvalue weighted by atomic mass is 35.5. The largest absolute Gasteiger partial charge is 0.326 e. The van der Waals surface area contributed by atoms with Gasteiger partial charge in [-0.1, -0.05) is 30.7 Å². The van der Waals surface area contributed by atoms with Crippen LogP contribution in [-0.2, 0) is 9.59 Å². The number of hydrogen-bond acceptors (Lipinski definition) is 3. The number of carbonyl (C=O) groups is 2. The van der Waals surface area contributed by atoms with Crippen molar-refractivity contribution in [3.8, 4) is 0 Å². The summed E-state index contributed by atoms with van der Waals surface area (Å²) in [6, 6.07) is 4.90. The van der Waals surface area contributed by atoms with Gasteiger partial charge in [0.1, 0.15) is 0 Å². The Balaban J connectivity index is 2.08. The standard InChI is InChI=1S/C15H18ClN3O2/c1-2-14(20)18-11-5-6-12(16)13(8-11)19-15(21)9-3-4-10(17)7-9/h3-6,8-10H,2,7,17H2,1H3,(H,18,20)(H,19,21). The average Bonchev–Trinajstić information content (AvgIpc) is 2.89. The SMILES string of the molecule is CCC(=O)Nc1ccc(Cl)c(NC(=O)C2C=CC(N)C2)c1. The number of benzene rings is 1. The average molecular weight is 308 g/mol. The fourth-order valence-corrected chi connectivity index (χ4v) is 2.26. The number of amides is 2. The Morgan fingerprint density at radius 1 is 1.33 bits per heavy atom. The van der Waals surface area contributed by atoms with Crippen LogP contribution in [0.2, 0.25) is 5.02 Å². The summed E-state index contributed by atoms with van der Waals surface area (Å²) in [5, 5.41) is 5.92. The van der Waals surface area contributed by atoms with Crippen LogP contribution in [0.25, 0.3) is 0 Å². The van der Waals surface area contributed by atoms with Gasteiger partial charge < -0.3 is 16.4 Å². The summed E-state index contributed by atoms with van der Waals surface area (Å²) in [6.07, 6.45) is 4.60. The third-order valence-corrected chi connectivity index (χ3v) is 3.61. The molecule has 112 valence electrons. The monoisotopic (exact) mass is 307 g/mol. The van der Waals surface area contributed by atoms with Crippen LogP contribution < -0.4 is 16.4 Å². The summed E-state index contributed by atoms with van der Waals surface area (Å²) in [5.74, 6) is -0.496. The van der Waals surface area contributed by atoms with Crippen LogP contribution in [0.5, 0.6) is 0 Å². The van der Waals surface area contributed by atoms with E-state index in [9.17, 15) is 9.59 Å². The van der Waals surface area contributed by atoms with E-state index in [2.05, 4.69) is 10.6 Å². The second kappa shape index (κ2) is 6.74. The number of rotatable bonds is 4. The van der Waals surface area contributed by atoms with Crippen molar-refractivity contribution in [3.63, 3.8) is 0 Å². The molecule has 1 aromatic carbocycles. The Kier molecular flexibility index (Phi) is 4.98. The Labute approximate surface area is 128 Å². The first-order valence-corrected chi connectivity index (χ1v) is 7.21. The number of carbonyl (C=O) groups excluding carboxylic acids is 2. The predicted octanol–water partition coefficient (Wildman–Crippen LogP) is 2.53. The summed E-state index contributed by atoms with van der Waals surface area (Å²) in [6.45, 7) is 1.77. The molecule has 0 fully saturated rings. The summed E-state index contributed by atoms with van der Waals surface area (Å²) in [7, 11) is 0. The Morgan fingerprint density at radius 2 is 2.10 bits per heavy atom. The molecule has 0 spiro atoms. The van der Waals surface area contributed by atoms with E-state index in [0.717, 1.165) is 0 Å². The zero-order valence-electron chi connectivity index (χ0n) is 11.7. The van der Waals surface area contributed by atoms with Gasteiger partial charge in [0.25, 0.3) is 0 Å². The molecule has 5 nitrogen and oxygen atoms in total. The minimum atomic E-state index is -0.245. The zero-order valence-corrected chi connectivity index (χ0v) is 12.5. The number of halogens is 1. The van der Waals surface area contributed by atoms with E-state index in [1.807, 2.05) is 6.08 Å². The van der Waals surface area contributed by atoms with Gasteiger partial charge in [0.15, 0.2) is 0 Å². The Hall–Kier alpha value is -1.85. The first-order valence-electron chi connectivity index (χ1n) is 6.83. The van der Waals surface area contributed by atoms with Gasteiger partial charge in [0.2, 0.25) is 11.8 Å². The molecule has 0 aromatic heterocycles. The fourth-order valence-electron chi connectivity index (χ4n) is 2.10. The molecule has 0 heterocycles. The van der Waals surface area contributed by atoms with Gasteiger partial charge in [-0.25, -0.2) is 0 Å². The van der Waals surface area contributed by atoms with Crippen LogP contribution in [0, 0.1) is 5.92 Å². The number of hydrogen-bond donors (Lipinski definition) is 3. The highest BCUT2D eigenvalue weighted by Crippen LogP contribution is 2.27.